The van der Waals surface area contributed by atoms with Gasteiger partial charge in [0.1, 0.15) is 12.6 Å². The van der Waals surface area contributed by atoms with Crippen LogP contribution in [0.4, 0.5) is 0 Å². The van der Waals surface area contributed by atoms with Crippen LogP contribution in [0.5, 0.6) is 0 Å². The van der Waals surface area contributed by atoms with E-state index in [1.54, 1.807) is 4.90 Å². The molecule has 3 fully saturated rings. The first-order valence-corrected chi connectivity index (χ1v) is 8.48. The van der Waals surface area contributed by atoms with Crippen molar-refractivity contribution in [2.45, 2.75) is 43.9 Å². The number of hydrogen-bond acceptors (Lipinski definition) is 4. The Balaban J connectivity index is 1.60. The second-order valence-electron chi connectivity index (χ2n) is 6.67. The molecule has 24 heavy (non-hydrogen) atoms. The lowest BCUT2D eigenvalue weighted by atomic mass is 9.90. The van der Waals surface area contributed by atoms with Crippen LogP contribution in [0.2, 0.25) is 0 Å². The summed E-state index contributed by atoms with van der Waals surface area (Å²) in [6.07, 6.45) is 2.51. The molecule has 2 amide bonds. The highest BCUT2D eigenvalue weighted by molar-refractivity contribution is 6.14. The zero-order valence-electron chi connectivity index (χ0n) is 13.4. The van der Waals surface area contributed by atoms with Crippen LogP contribution in [0.25, 0.3) is 0 Å². The van der Waals surface area contributed by atoms with Gasteiger partial charge in [-0.1, -0.05) is 30.3 Å². The molecule has 126 valence electrons. The Bertz CT molecular complexity index is 690. The van der Waals surface area contributed by atoms with Gasteiger partial charge in [-0.25, -0.2) is 4.79 Å². The molecule has 0 aromatic heterocycles. The highest BCUT2D eigenvalue weighted by Crippen LogP contribution is 2.40. The van der Waals surface area contributed by atoms with Gasteiger partial charge in [0, 0.05) is 13.1 Å². The van der Waals surface area contributed by atoms with Gasteiger partial charge in [-0.3, -0.25) is 9.59 Å². The molecule has 4 rings (SSSR count). The minimum absolute atomic E-state index is 0.0961. The van der Waals surface area contributed by atoms with Gasteiger partial charge in [0.15, 0.2) is 0 Å². The van der Waals surface area contributed by atoms with Crippen LogP contribution in [0.15, 0.2) is 30.3 Å². The average Bonchev–Trinajstić information content (AvgIpc) is 3.26. The molecule has 0 N–H and O–H groups in total. The third-order valence-corrected chi connectivity index (χ3v) is 5.35. The summed E-state index contributed by atoms with van der Waals surface area (Å²) in [5.41, 5.74) is -0.576. The highest BCUT2D eigenvalue weighted by Gasteiger charge is 2.64. The molecule has 0 bridgehead atoms. The van der Waals surface area contributed by atoms with E-state index in [1.165, 1.54) is 4.90 Å². The Kier molecular flexibility index (Phi) is 3.55. The molecule has 1 aromatic carbocycles. The first kappa shape index (κ1) is 15.2. The Hall–Kier alpha value is -2.37. The van der Waals surface area contributed by atoms with E-state index in [-0.39, 0.29) is 24.5 Å². The highest BCUT2D eigenvalue weighted by atomic mass is 16.5. The molecule has 1 aromatic rings. The number of carbonyl (C=O) groups excluding carboxylic acids is 3. The zero-order valence-corrected chi connectivity index (χ0v) is 13.4. The monoisotopic (exact) mass is 328 g/mol. The van der Waals surface area contributed by atoms with Crippen molar-refractivity contribution in [2.24, 2.45) is 0 Å². The molecular weight excluding hydrogens is 308 g/mol. The molecule has 0 aliphatic carbocycles. The maximum Gasteiger partial charge on any atom is 0.342 e. The number of esters is 1. The molecule has 6 nitrogen and oxygen atoms in total. The number of ether oxygens (including phenoxy) is 1. The van der Waals surface area contributed by atoms with Gasteiger partial charge in [0.25, 0.3) is 5.91 Å². The molecule has 2 atom stereocenters. The quantitative estimate of drug-likeness (QED) is 0.615. The molecule has 6 heteroatoms. The van der Waals surface area contributed by atoms with Crippen molar-refractivity contribution >= 4 is 17.8 Å². The van der Waals surface area contributed by atoms with Crippen LogP contribution >= 0.6 is 0 Å². The Morgan fingerprint density at radius 1 is 1.17 bits per heavy atom. The van der Waals surface area contributed by atoms with Crippen molar-refractivity contribution in [3.8, 4) is 0 Å². The number of rotatable bonds is 3. The summed E-state index contributed by atoms with van der Waals surface area (Å²) in [4.78, 5) is 41.7. The van der Waals surface area contributed by atoms with E-state index >= 15 is 0 Å². The van der Waals surface area contributed by atoms with Crippen molar-refractivity contribution in [1.29, 1.82) is 0 Å². The van der Waals surface area contributed by atoms with Gasteiger partial charge in [-0.2, -0.15) is 0 Å². The predicted molar refractivity (Wildman–Crippen MR) is 84.7 cm³/mol. The predicted octanol–water partition coefficient (Wildman–Crippen LogP) is 1.10. The fraction of sp³-hybridized carbons (Fsp3) is 0.500. The van der Waals surface area contributed by atoms with Crippen molar-refractivity contribution in [3.05, 3.63) is 35.9 Å². The van der Waals surface area contributed by atoms with Crippen LogP contribution in [0, 0.1) is 0 Å². The van der Waals surface area contributed by atoms with Crippen LogP contribution in [-0.4, -0.2) is 52.3 Å². The van der Waals surface area contributed by atoms with Crippen LogP contribution in [0.3, 0.4) is 0 Å². The standard InChI is InChI=1S/C18H20N2O4/c21-15-14-8-4-10-19(14)16(22)18(9-5-11-20(15)18)17(23)24-12-13-6-2-1-3-7-13/h1-3,6-7,14H,4-5,8-12H2/t14-,18-/m0/s1. The largest absolute Gasteiger partial charge is 0.459 e. The van der Waals surface area contributed by atoms with Crippen LogP contribution in [-0.2, 0) is 25.7 Å². The van der Waals surface area contributed by atoms with Crippen molar-refractivity contribution in [1.82, 2.24) is 9.80 Å². The fourth-order valence-corrected chi connectivity index (χ4v) is 4.17. The van der Waals surface area contributed by atoms with Gasteiger partial charge in [-0.05, 0) is 31.2 Å². The minimum Gasteiger partial charge on any atom is -0.459 e. The number of carbonyl (C=O) groups is 3. The summed E-state index contributed by atoms with van der Waals surface area (Å²) in [7, 11) is 0. The van der Waals surface area contributed by atoms with E-state index < -0.39 is 11.5 Å². The van der Waals surface area contributed by atoms with Gasteiger partial charge in [-0.15, -0.1) is 0 Å². The lowest BCUT2D eigenvalue weighted by Crippen LogP contribution is -2.71. The van der Waals surface area contributed by atoms with Crippen molar-refractivity contribution in [3.63, 3.8) is 0 Å². The number of fused-ring (bicyclic) bond motifs is 2. The first-order chi connectivity index (χ1) is 11.6. The van der Waals surface area contributed by atoms with E-state index in [0.29, 0.717) is 32.4 Å². The second kappa shape index (κ2) is 5.61. The van der Waals surface area contributed by atoms with E-state index in [0.717, 1.165) is 12.0 Å². The molecule has 3 aliphatic heterocycles. The lowest BCUT2D eigenvalue weighted by molar-refractivity contribution is -0.179. The molecule has 0 saturated carbocycles. The summed E-state index contributed by atoms with van der Waals surface area (Å²) in [5, 5.41) is 0. The molecule has 3 heterocycles. The Morgan fingerprint density at radius 2 is 1.96 bits per heavy atom. The maximum absolute atomic E-state index is 13.0. The third-order valence-electron chi connectivity index (χ3n) is 5.35. The number of amides is 2. The summed E-state index contributed by atoms with van der Waals surface area (Å²) in [6.45, 7) is 1.12. The van der Waals surface area contributed by atoms with Crippen molar-refractivity contribution < 1.29 is 19.1 Å². The smallest absolute Gasteiger partial charge is 0.342 e. The van der Waals surface area contributed by atoms with Crippen molar-refractivity contribution in [2.75, 3.05) is 13.1 Å². The molecule has 3 aliphatic rings. The van der Waals surface area contributed by atoms with Crippen LogP contribution in [0.1, 0.15) is 31.2 Å². The Morgan fingerprint density at radius 3 is 2.75 bits per heavy atom. The van der Waals surface area contributed by atoms with Gasteiger partial charge < -0.3 is 14.5 Å². The molecule has 0 unspecified atom stereocenters. The lowest BCUT2D eigenvalue weighted by Gasteiger charge is -2.45. The number of hydrogen-bond donors (Lipinski definition) is 0. The average molecular weight is 328 g/mol. The third kappa shape index (κ3) is 2.05. The molecular formula is C18H20N2O4. The molecule has 0 spiro atoms. The number of nitrogens with zero attached hydrogens (tertiary/aromatic N) is 2. The number of benzene rings is 1. The summed E-state index contributed by atoms with van der Waals surface area (Å²) >= 11 is 0. The van der Waals surface area contributed by atoms with E-state index in [1.807, 2.05) is 30.3 Å². The maximum atomic E-state index is 13.0. The van der Waals surface area contributed by atoms with E-state index in [2.05, 4.69) is 0 Å². The summed E-state index contributed by atoms with van der Waals surface area (Å²) in [5.74, 6) is -0.936. The molecule has 0 radical (unpaired) electrons. The van der Waals surface area contributed by atoms with Gasteiger partial charge in [0.2, 0.25) is 11.4 Å². The summed E-state index contributed by atoms with van der Waals surface area (Å²) in [6, 6.07) is 8.97. The normalized spacial score (nSPS) is 28.8. The van der Waals surface area contributed by atoms with E-state index in [9.17, 15) is 14.4 Å². The first-order valence-electron chi connectivity index (χ1n) is 8.48. The zero-order chi connectivity index (χ0) is 16.7. The Labute approximate surface area is 140 Å². The SMILES string of the molecule is O=C1[C@@H]2CCCN2C(=O)[C@]2(C(=O)OCc3ccccc3)CCCN12. The van der Waals surface area contributed by atoms with E-state index in [4.69, 9.17) is 4.74 Å². The topological polar surface area (TPSA) is 66.9 Å². The minimum atomic E-state index is -1.44. The molecule has 3 saturated heterocycles. The second-order valence-corrected chi connectivity index (χ2v) is 6.67. The number of piperazine rings is 1. The van der Waals surface area contributed by atoms with Crippen LogP contribution < -0.4 is 0 Å². The summed E-state index contributed by atoms with van der Waals surface area (Å²) < 4.78 is 5.46. The fourth-order valence-electron chi connectivity index (χ4n) is 4.17. The van der Waals surface area contributed by atoms with Gasteiger partial charge >= 0.3 is 5.97 Å². The van der Waals surface area contributed by atoms with Gasteiger partial charge in [0.05, 0.1) is 0 Å².